The molecule has 0 bridgehead atoms. The Morgan fingerprint density at radius 1 is 1.15 bits per heavy atom. The summed E-state index contributed by atoms with van der Waals surface area (Å²) in [6.07, 6.45) is 0.126. The van der Waals surface area contributed by atoms with Gasteiger partial charge in [-0.2, -0.15) is 0 Å². The van der Waals surface area contributed by atoms with Crippen molar-refractivity contribution < 1.29 is 19.0 Å². The van der Waals surface area contributed by atoms with E-state index < -0.39 is 6.10 Å². The Labute approximate surface area is 158 Å². The number of hydrogen-bond donors (Lipinski definition) is 1. The van der Waals surface area contributed by atoms with Crippen LogP contribution in [0.15, 0.2) is 42.5 Å². The number of fused-ring (bicyclic) bond motifs is 1. The third kappa shape index (κ3) is 4.41. The fourth-order valence-electron chi connectivity index (χ4n) is 2.76. The minimum Gasteiger partial charge on any atom is -0.486 e. The van der Waals surface area contributed by atoms with Gasteiger partial charge in [-0.05, 0) is 55.3 Å². The lowest BCUT2D eigenvalue weighted by Crippen LogP contribution is -2.38. The van der Waals surface area contributed by atoms with Crippen LogP contribution in [0.4, 0.5) is 0 Å². The summed E-state index contributed by atoms with van der Waals surface area (Å²) in [5, 5.41) is 3.66. The van der Waals surface area contributed by atoms with Crippen molar-refractivity contribution in [1.82, 2.24) is 5.32 Å². The minimum atomic E-state index is -0.623. The fraction of sp³-hybridized carbons (Fsp3) is 0.350. The Bertz CT molecular complexity index is 763. The number of carbonyl (C=O) groups is 1. The highest BCUT2D eigenvalue weighted by atomic mass is 35.5. The summed E-state index contributed by atoms with van der Waals surface area (Å²) in [7, 11) is 0. The summed E-state index contributed by atoms with van der Waals surface area (Å²) in [5.74, 6) is 1.87. The van der Waals surface area contributed by atoms with E-state index in [-0.39, 0.29) is 11.9 Å². The summed E-state index contributed by atoms with van der Waals surface area (Å²) < 4.78 is 16.9. The zero-order chi connectivity index (χ0) is 18.5. The molecule has 0 spiro atoms. The molecule has 0 fully saturated rings. The largest absolute Gasteiger partial charge is 0.486 e. The van der Waals surface area contributed by atoms with Crippen LogP contribution in [0.1, 0.15) is 31.9 Å². The van der Waals surface area contributed by atoms with Gasteiger partial charge in [0.15, 0.2) is 17.6 Å². The number of benzene rings is 2. The molecule has 2 aromatic rings. The molecule has 3 rings (SSSR count). The van der Waals surface area contributed by atoms with Gasteiger partial charge in [0.05, 0.1) is 6.04 Å². The number of carbonyl (C=O) groups excluding carboxylic acids is 1. The van der Waals surface area contributed by atoms with Crippen LogP contribution in [0, 0.1) is 0 Å². The van der Waals surface area contributed by atoms with E-state index in [1.807, 2.05) is 25.1 Å². The Morgan fingerprint density at radius 2 is 1.85 bits per heavy atom. The lowest BCUT2D eigenvalue weighted by atomic mass is 10.0. The Morgan fingerprint density at radius 3 is 2.54 bits per heavy atom. The molecule has 5 nitrogen and oxygen atoms in total. The van der Waals surface area contributed by atoms with Crippen LogP contribution in [0.25, 0.3) is 0 Å². The van der Waals surface area contributed by atoms with Crippen LogP contribution < -0.4 is 19.5 Å². The molecule has 0 aromatic heterocycles. The first-order valence-corrected chi connectivity index (χ1v) is 9.06. The molecular weight excluding hydrogens is 354 g/mol. The maximum atomic E-state index is 12.5. The van der Waals surface area contributed by atoms with Crippen molar-refractivity contribution in [1.29, 1.82) is 0 Å². The second kappa shape index (κ2) is 8.32. The van der Waals surface area contributed by atoms with Crippen molar-refractivity contribution in [3.05, 3.63) is 53.1 Å². The van der Waals surface area contributed by atoms with Gasteiger partial charge < -0.3 is 19.5 Å². The van der Waals surface area contributed by atoms with Crippen molar-refractivity contribution >= 4 is 17.5 Å². The van der Waals surface area contributed by atoms with Gasteiger partial charge in [-0.1, -0.05) is 24.6 Å². The second-order valence-electron chi connectivity index (χ2n) is 6.09. The maximum absolute atomic E-state index is 12.5. The van der Waals surface area contributed by atoms with Gasteiger partial charge in [0.2, 0.25) is 0 Å². The van der Waals surface area contributed by atoms with E-state index in [0.29, 0.717) is 29.7 Å². The molecule has 138 valence electrons. The zero-order valence-electron chi connectivity index (χ0n) is 14.8. The lowest BCUT2D eigenvalue weighted by molar-refractivity contribution is -0.128. The summed E-state index contributed by atoms with van der Waals surface area (Å²) in [6, 6.07) is 12.6. The van der Waals surface area contributed by atoms with E-state index in [9.17, 15) is 4.79 Å². The van der Waals surface area contributed by atoms with E-state index in [2.05, 4.69) is 5.32 Å². The molecule has 1 aliphatic rings. The number of ether oxygens (including phenoxy) is 3. The van der Waals surface area contributed by atoms with Gasteiger partial charge in [0.25, 0.3) is 5.91 Å². The van der Waals surface area contributed by atoms with E-state index in [4.69, 9.17) is 25.8 Å². The number of nitrogens with one attached hydrogen (secondary N) is 1. The van der Waals surface area contributed by atoms with Crippen LogP contribution >= 0.6 is 11.6 Å². The van der Waals surface area contributed by atoms with Gasteiger partial charge in [-0.15, -0.1) is 0 Å². The Kier molecular flexibility index (Phi) is 5.89. The molecule has 1 aliphatic heterocycles. The van der Waals surface area contributed by atoms with Crippen LogP contribution in [0.5, 0.6) is 17.2 Å². The minimum absolute atomic E-state index is 0.130. The fourth-order valence-corrected chi connectivity index (χ4v) is 2.88. The highest BCUT2D eigenvalue weighted by Crippen LogP contribution is 2.33. The molecular formula is C20H22ClNO4. The van der Waals surface area contributed by atoms with Crippen LogP contribution in [0.3, 0.4) is 0 Å². The molecule has 0 radical (unpaired) electrons. The van der Waals surface area contributed by atoms with Gasteiger partial charge in [0, 0.05) is 5.02 Å². The van der Waals surface area contributed by atoms with Gasteiger partial charge in [0.1, 0.15) is 19.0 Å². The molecule has 0 saturated carbocycles. The monoisotopic (exact) mass is 375 g/mol. The summed E-state index contributed by atoms with van der Waals surface area (Å²) in [4.78, 5) is 12.5. The zero-order valence-corrected chi connectivity index (χ0v) is 15.6. The lowest BCUT2D eigenvalue weighted by Gasteiger charge is -2.23. The van der Waals surface area contributed by atoms with Crippen molar-refractivity contribution in [2.45, 2.75) is 32.4 Å². The average Bonchev–Trinajstić information content (AvgIpc) is 2.67. The van der Waals surface area contributed by atoms with Gasteiger partial charge in [-0.3, -0.25) is 4.79 Å². The van der Waals surface area contributed by atoms with Crippen molar-refractivity contribution in [3.63, 3.8) is 0 Å². The normalized spacial score (nSPS) is 15.0. The molecule has 1 N–H and O–H groups in total. The SMILES string of the molecule is CCC(NC(=O)C(C)Oc1ccc(Cl)cc1)c1ccc2c(c1)OCCO2. The third-order valence-corrected chi connectivity index (χ3v) is 4.44. The van der Waals surface area contributed by atoms with E-state index >= 15 is 0 Å². The average molecular weight is 376 g/mol. The first-order valence-electron chi connectivity index (χ1n) is 8.69. The molecule has 6 heteroatoms. The summed E-state index contributed by atoms with van der Waals surface area (Å²) in [6.45, 7) is 4.83. The summed E-state index contributed by atoms with van der Waals surface area (Å²) in [5.41, 5.74) is 0.976. The second-order valence-corrected chi connectivity index (χ2v) is 6.52. The topological polar surface area (TPSA) is 56.8 Å². The smallest absolute Gasteiger partial charge is 0.261 e. The van der Waals surface area contributed by atoms with Crippen LogP contribution in [-0.4, -0.2) is 25.2 Å². The predicted octanol–water partition coefficient (Wildman–Crippen LogP) is 4.15. The first kappa shape index (κ1) is 18.4. The molecule has 1 heterocycles. The Balaban J connectivity index is 1.65. The summed E-state index contributed by atoms with van der Waals surface area (Å²) >= 11 is 5.86. The van der Waals surface area contributed by atoms with Crippen molar-refractivity contribution in [3.8, 4) is 17.2 Å². The third-order valence-electron chi connectivity index (χ3n) is 4.19. The number of halogens is 1. The maximum Gasteiger partial charge on any atom is 0.261 e. The number of hydrogen-bond acceptors (Lipinski definition) is 4. The van der Waals surface area contributed by atoms with Crippen LogP contribution in [0.2, 0.25) is 5.02 Å². The van der Waals surface area contributed by atoms with Crippen molar-refractivity contribution in [2.24, 2.45) is 0 Å². The van der Waals surface area contributed by atoms with E-state index in [0.717, 1.165) is 17.7 Å². The highest BCUT2D eigenvalue weighted by molar-refractivity contribution is 6.30. The van der Waals surface area contributed by atoms with E-state index in [1.54, 1.807) is 31.2 Å². The molecule has 0 aliphatic carbocycles. The molecule has 2 unspecified atom stereocenters. The quantitative estimate of drug-likeness (QED) is 0.824. The van der Waals surface area contributed by atoms with E-state index in [1.165, 1.54) is 0 Å². The van der Waals surface area contributed by atoms with Crippen molar-refractivity contribution in [2.75, 3.05) is 13.2 Å². The number of rotatable bonds is 6. The Hall–Kier alpha value is -2.40. The predicted molar refractivity (Wildman–Crippen MR) is 100 cm³/mol. The van der Waals surface area contributed by atoms with Gasteiger partial charge in [-0.25, -0.2) is 0 Å². The molecule has 0 saturated heterocycles. The number of amides is 1. The standard InChI is InChI=1S/C20H22ClNO4/c1-3-17(14-4-9-18-19(12-14)25-11-10-24-18)22-20(23)13(2)26-16-7-5-15(21)6-8-16/h4-9,12-13,17H,3,10-11H2,1-2H3,(H,22,23). The first-order chi connectivity index (χ1) is 12.6. The molecule has 1 amide bonds. The molecule has 2 aromatic carbocycles. The molecule has 26 heavy (non-hydrogen) atoms. The highest BCUT2D eigenvalue weighted by Gasteiger charge is 2.21. The van der Waals surface area contributed by atoms with Gasteiger partial charge >= 0.3 is 0 Å². The van der Waals surface area contributed by atoms with Crippen LogP contribution in [-0.2, 0) is 4.79 Å². The molecule has 2 atom stereocenters.